The highest BCUT2D eigenvalue weighted by molar-refractivity contribution is 5.92. The molecule has 0 fully saturated rings. The molecule has 2 aromatic rings. The Kier molecular flexibility index (Phi) is 4.43. The third-order valence-corrected chi connectivity index (χ3v) is 3.75. The molecular weight excluding hydrogens is 264 g/mol. The maximum absolute atomic E-state index is 12.1. The van der Waals surface area contributed by atoms with E-state index in [0.717, 1.165) is 16.8 Å². The minimum atomic E-state index is -0.248. The van der Waals surface area contributed by atoms with E-state index in [2.05, 4.69) is 10.4 Å². The van der Waals surface area contributed by atoms with Crippen molar-refractivity contribution in [2.75, 3.05) is 5.32 Å². The Labute approximate surface area is 125 Å². The second kappa shape index (κ2) is 6.10. The first kappa shape index (κ1) is 15.3. The molecule has 112 valence electrons. The molecule has 0 saturated carbocycles. The van der Waals surface area contributed by atoms with Crippen LogP contribution in [0.1, 0.15) is 19.4 Å². The Morgan fingerprint density at radius 2 is 2.00 bits per heavy atom. The molecule has 2 rings (SSSR count). The Morgan fingerprint density at radius 3 is 2.62 bits per heavy atom. The van der Waals surface area contributed by atoms with E-state index in [1.54, 1.807) is 4.68 Å². The molecule has 0 aliphatic rings. The first-order valence-corrected chi connectivity index (χ1v) is 7.06. The molecule has 0 radical (unpaired) electrons. The van der Waals surface area contributed by atoms with Gasteiger partial charge in [-0.3, -0.25) is 9.48 Å². The van der Waals surface area contributed by atoms with Crippen LogP contribution in [0.2, 0.25) is 0 Å². The van der Waals surface area contributed by atoms with Gasteiger partial charge in [-0.2, -0.15) is 5.10 Å². The molecule has 0 saturated heterocycles. The van der Waals surface area contributed by atoms with E-state index in [1.165, 1.54) is 0 Å². The average Bonchev–Trinajstić information content (AvgIpc) is 2.79. The van der Waals surface area contributed by atoms with Gasteiger partial charge in [0.2, 0.25) is 5.91 Å². The van der Waals surface area contributed by atoms with Crippen LogP contribution in [0.25, 0.3) is 11.3 Å². The largest absolute Gasteiger partial charge is 0.327 e. The Balaban J connectivity index is 2.24. The molecule has 2 unspecified atom stereocenters. The topological polar surface area (TPSA) is 72.9 Å². The molecule has 0 spiro atoms. The lowest BCUT2D eigenvalue weighted by Crippen LogP contribution is -2.34. The summed E-state index contributed by atoms with van der Waals surface area (Å²) in [6, 6.07) is 9.74. The van der Waals surface area contributed by atoms with E-state index in [1.807, 2.05) is 58.2 Å². The maximum Gasteiger partial charge on any atom is 0.229 e. The zero-order valence-corrected chi connectivity index (χ0v) is 12.9. The number of nitrogens with one attached hydrogen (secondary N) is 1. The van der Waals surface area contributed by atoms with Crippen LogP contribution in [0.5, 0.6) is 0 Å². The van der Waals surface area contributed by atoms with Crippen molar-refractivity contribution in [3.05, 3.63) is 35.9 Å². The van der Waals surface area contributed by atoms with Crippen molar-refractivity contribution >= 4 is 11.7 Å². The number of nitrogens with two attached hydrogens (primary N) is 1. The van der Waals surface area contributed by atoms with E-state index >= 15 is 0 Å². The number of aryl methyl sites for hydroxylation is 2. The van der Waals surface area contributed by atoms with Crippen molar-refractivity contribution in [1.29, 1.82) is 0 Å². The lowest BCUT2D eigenvalue weighted by atomic mass is 10.0. The summed E-state index contributed by atoms with van der Waals surface area (Å²) >= 11 is 0. The smallest absolute Gasteiger partial charge is 0.229 e. The molecule has 21 heavy (non-hydrogen) atoms. The van der Waals surface area contributed by atoms with Crippen LogP contribution in [-0.4, -0.2) is 21.7 Å². The summed E-state index contributed by atoms with van der Waals surface area (Å²) in [5, 5.41) is 7.35. The highest BCUT2D eigenvalue weighted by Gasteiger charge is 2.19. The van der Waals surface area contributed by atoms with E-state index in [-0.39, 0.29) is 17.9 Å². The van der Waals surface area contributed by atoms with Gasteiger partial charge in [-0.05, 0) is 19.4 Å². The number of rotatable bonds is 4. The average molecular weight is 286 g/mol. The van der Waals surface area contributed by atoms with Crippen LogP contribution in [-0.2, 0) is 11.8 Å². The van der Waals surface area contributed by atoms with Gasteiger partial charge in [-0.25, -0.2) is 0 Å². The summed E-state index contributed by atoms with van der Waals surface area (Å²) in [5.41, 5.74) is 8.82. The Morgan fingerprint density at radius 1 is 1.33 bits per heavy atom. The van der Waals surface area contributed by atoms with E-state index in [9.17, 15) is 4.79 Å². The quantitative estimate of drug-likeness (QED) is 0.906. The van der Waals surface area contributed by atoms with Crippen LogP contribution >= 0.6 is 0 Å². The Bertz CT molecular complexity index is 645. The van der Waals surface area contributed by atoms with Crippen molar-refractivity contribution in [1.82, 2.24) is 9.78 Å². The number of benzene rings is 1. The molecule has 1 heterocycles. The zero-order valence-electron chi connectivity index (χ0n) is 12.9. The van der Waals surface area contributed by atoms with Gasteiger partial charge in [-0.1, -0.05) is 31.2 Å². The zero-order chi connectivity index (χ0) is 15.6. The van der Waals surface area contributed by atoms with Crippen LogP contribution < -0.4 is 11.1 Å². The van der Waals surface area contributed by atoms with Gasteiger partial charge in [0.05, 0.1) is 11.6 Å². The van der Waals surface area contributed by atoms with Crippen molar-refractivity contribution in [3.63, 3.8) is 0 Å². The summed E-state index contributed by atoms with van der Waals surface area (Å²) in [6.45, 7) is 5.69. The summed E-state index contributed by atoms with van der Waals surface area (Å²) in [4.78, 5) is 12.1. The fraction of sp³-hybridized carbons (Fsp3) is 0.375. The van der Waals surface area contributed by atoms with Gasteiger partial charge in [0, 0.05) is 24.7 Å². The van der Waals surface area contributed by atoms with Crippen molar-refractivity contribution in [2.24, 2.45) is 18.7 Å². The summed E-state index contributed by atoms with van der Waals surface area (Å²) in [7, 11) is 1.81. The van der Waals surface area contributed by atoms with E-state index in [0.29, 0.717) is 5.82 Å². The van der Waals surface area contributed by atoms with Crippen LogP contribution in [0.4, 0.5) is 5.82 Å². The fourth-order valence-corrected chi connectivity index (χ4v) is 2.05. The van der Waals surface area contributed by atoms with Crippen molar-refractivity contribution < 1.29 is 4.79 Å². The summed E-state index contributed by atoms with van der Waals surface area (Å²) in [6.07, 6.45) is 0. The third-order valence-electron chi connectivity index (χ3n) is 3.75. The lowest BCUT2D eigenvalue weighted by molar-refractivity contribution is -0.119. The van der Waals surface area contributed by atoms with Crippen molar-refractivity contribution in [3.8, 4) is 11.3 Å². The van der Waals surface area contributed by atoms with Gasteiger partial charge in [0.1, 0.15) is 5.82 Å². The normalized spacial score (nSPS) is 13.8. The molecule has 0 aliphatic carbocycles. The first-order chi connectivity index (χ1) is 9.90. The van der Waals surface area contributed by atoms with E-state index in [4.69, 9.17) is 5.73 Å². The Hall–Kier alpha value is -2.14. The molecule has 1 amide bonds. The predicted octanol–water partition coefficient (Wildman–Crippen LogP) is 2.32. The molecule has 2 atom stereocenters. The summed E-state index contributed by atoms with van der Waals surface area (Å²) in [5.74, 6) is 0.330. The lowest BCUT2D eigenvalue weighted by Gasteiger charge is -2.14. The maximum atomic E-state index is 12.1. The van der Waals surface area contributed by atoms with Gasteiger partial charge in [0.25, 0.3) is 0 Å². The molecule has 0 aliphatic heterocycles. The number of anilines is 1. The monoisotopic (exact) mass is 286 g/mol. The van der Waals surface area contributed by atoms with Crippen LogP contribution in [0.15, 0.2) is 30.3 Å². The predicted molar refractivity (Wildman–Crippen MR) is 84.8 cm³/mol. The molecule has 0 bridgehead atoms. The molecular formula is C16H22N4O. The minimum Gasteiger partial charge on any atom is -0.327 e. The molecule has 3 N–H and O–H groups in total. The third kappa shape index (κ3) is 3.31. The van der Waals surface area contributed by atoms with Crippen LogP contribution in [0.3, 0.4) is 0 Å². The number of hydrogen-bond acceptors (Lipinski definition) is 3. The van der Waals surface area contributed by atoms with Gasteiger partial charge in [0.15, 0.2) is 0 Å². The molecule has 1 aromatic heterocycles. The van der Waals surface area contributed by atoms with Crippen molar-refractivity contribution in [2.45, 2.75) is 26.8 Å². The number of aromatic nitrogens is 2. The SMILES string of the molecule is Cc1ccccc1-c1cc(NC(=O)C(C)C(C)N)n(C)n1. The fourth-order valence-electron chi connectivity index (χ4n) is 2.05. The standard InChI is InChI=1S/C16H22N4O/c1-10-7-5-6-8-13(10)14-9-15(20(4)19-14)18-16(21)11(2)12(3)17/h5-9,11-12H,17H2,1-4H3,(H,18,21). The second-order valence-corrected chi connectivity index (χ2v) is 5.49. The number of hydrogen-bond donors (Lipinski definition) is 2. The number of carbonyl (C=O) groups excluding carboxylic acids is 1. The second-order valence-electron chi connectivity index (χ2n) is 5.49. The minimum absolute atomic E-state index is 0.0932. The summed E-state index contributed by atoms with van der Waals surface area (Å²) < 4.78 is 1.67. The number of carbonyl (C=O) groups is 1. The number of nitrogens with zero attached hydrogens (tertiary/aromatic N) is 2. The molecule has 1 aromatic carbocycles. The molecule has 5 nitrogen and oxygen atoms in total. The van der Waals surface area contributed by atoms with Crippen LogP contribution in [0, 0.1) is 12.8 Å². The molecule has 5 heteroatoms. The number of amides is 1. The first-order valence-electron chi connectivity index (χ1n) is 7.06. The van der Waals surface area contributed by atoms with Gasteiger partial charge < -0.3 is 11.1 Å². The van der Waals surface area contributed by atoms with Gasteiger partial charge >= 0.3 is 0 Å². The highest BCUT2D eigenvalue weighted by atomic mass is 16.2. The highest BCUT2D eigenvalue weighted by Crippen LogP contribution is 2.24. The van der Waals surface area contributed by atoms with Gasteiger partial charge in [-0.15, -0.1) is 0 Å². The van der Waals surface area contributed by atoms with E-state index < -0.39 is 0 Å².